The molecule has 0 saturated heterocycles. The van der Waals surface area contributed by atoms with Crippen molar-refractivity contribution in [1.82, 2.24) is 4.98 Å². The normalized spacial score (nSPS) is 11.6. The van der Waals surface area contributed by atoms with E-state index in [2.05, 4.69) is 175 Å². The van der Waals surface area contributed by atoms with E-state index in [9.17, 15) is 0 Å². The molecule has 0 saturated carbocycles. The third kappa shape index (κ3) is 5.38. The van der Waals surface area contributed by atoms with E-state index < -0.39 is 0 Å². The van der Waals surface area contributed by atoms with Gasteiger partial charge in [-0.2, -0.15) is 0 Å². The van der Waals surface area contributed by atoms with Gasteiger partial charge in [0.05, 0.1) is 10.4 Å². The van der Waals surface area contributed by atoms with Crippen LogP contribution < -0.4 is 4.90 Å². The van der Waals surface area contributed by atoms with E-state index in [4.69, 9.17) is 9.40 Å². The van der Waals surface area contributed by atoms with Gasteiger partial charge < -0.3 is 9.32 Å². The molecule has 3 aromatic heterocycles. The predicted octanol–water partition coefficient (Wildman–Crippen LogP) is 15.0. The molecule has 0 amide bonds. The van der Waals surface area contributed by atoms with Gasteiger partial charge in [0.25, 0.3) is 0 Å². The van der Waals surface area contributed by atoms with Crippen molar-refractivity contribution >= 4 is 81.4 Å². The number of hydrogen-bond acceptors (Lipinski definition) is 4. The Morgan fingerprint density at radius 1 is 0.436 bits per heavy atom. The minimum absolute atomic E-state index is 0.875. The predicted molar refractivity (Wildman–Crippen MR) is 233 cm³/mol. The first-order valence-electron chi connectivity index (χ1n) is 18.5. The molecule has 0 N–H and O–H groups in total. The lowest BCUT2D eigenvalue weighted by molar-refractivity contribution is 0.669. The summed E-state index contributed by atoms with van der Waals surface area (Å²) >= 11 is 1.75. The van der Waals surface area contributed by atoms with Crippen molar-refractivity contribution < 1.29 is 4.42 Å². The third-order valence-corrected chi connectivity index (χ3v) is 11.8. The lowest BCUT2D eigenvalue weighted by atomic mass is 9.95. The van der Waals surface area contributed by atoms with Crippen LogP contribution in [0.3, 0.4) is 0 Å². The Morgan fingerprint density at radius 3 is 2.07 bits per heavy atom. The highest BCUT2D eigenvalue weighted by molar-refractivity contribution is 7.26. The summed E-state index contributed by atoms with van der Waals surface area (Å²) in [6, 6.07) is 67.4. The van der Waals surface area contributed by atoms with Crippen molar-refractivity contribution in [3.8, 4) is 33.4 Å². The van der Waals surface area contributed by atoms with Crippen molar-refractivity contribution in [3.63, 3.8) is 0 Å². The van der Waals surface area contributed by atoms with Crippen molar-refractivity contribution in [2.24, 2.45) is 0 Å². The smallest absolute Gasteiger partial charge is 0.135 e. The van der Waals surface area contributed by atoms with Gasteiger partial charge in [-0.1, -0.05) is 121 Å². The monoisotopic (exact) mass is 720 g/mol. The van der Waals surface area contributed by atoms with Crippen molar-refractivity contribution in [1.29, 1.82) is 0 Å². The average molecular weight is 721 g/mol. The number of pyridine rings is 1. The molecule has 11 rings (SSSR count). The Balaban J connectivity index is 1.16. The first kappa shape index (κ1) is 31.5. The number of para-hydroxylation sites is 1. The van der Waals surface area contributed by atoms with Gasteiger partial charge in [0.1, 0.15) is 16.0 Å². The summed E-state index contributed by atoms with van der Waals surface area (Å²) in [6.45, 7) is 0. The van der Waals surface area contributed by atoms with Crippen LogP contribution in [-0.2, 0) is 0 Å². The second kappa shape index (κ2) is 12.8. The Morgan fingerprint density at radius 2 is 1.15 bits per heavy atom. The van der Waals surface area contributed by atoms with Crippen LogP contribution in [-0.4, -0.2) is 4.98 Å². The number of fused-ring (bicyclic) bond motifs is 7. The molecule has 8 aromatic carbocycles. The molecule has 0 aliphatic rings. The molecule has 0 aliphatic heterocycles. The fourth-order valence-electron chi connectivity index (χ4n) is 8.09. The Bertz CT molecular complexity index is 3230. The first-order chi connectivity index (χ1) is 27.2. The van der Waals surface area contributed by atoms with Crippen LogP contribution in [0.2, 0.25) is 0 Å². The second-order valence-corrected chi connectivity index (χ2v) is 15.0. The second-order valence-electron chi connectivity index (χ2n) is 14.0. The number of rotatable bonds is 6. The molecule has 258 valence electrons. The zero-order valence-corrected chi connectivity index (χ0v) is 30.5. The van der Waals surface area contributed by atoms with Crippen LogP contribution in [0.15, 0.2) is 199 Å². The maximum Gasteiger partial charge on any atom is 0.135 e. The maximum atomic E-state index is 6.30. The molecule has 0 fully saturated rings. The van der Waals surface area contributed by atoms with Crippen LogP contribution in [0, 0.1) is 0 Å². The Kier molecular flexibility index (Phi) is 7.35. The maximum absolute atomic E-state index is 6.30. The highest BCUT2D eigenvalue weighted by Gasteiger charge is 2.23. The first-order valence-corrected chi connectivity index (χ1v) is 19.3. The summed E-state index contributed by atoms with van der Waals surface area (Å²) in [5.41, 5.74) is 12.1. The molecule has 0 atom stereocenters. The van der Waals surface area contributed by atoms with Gasteiger partial charge >= 0.3 is 0 Å². The van der Waals surface area contributed by atoms with Gasteiger partial charge in [-0.15, -0.1) is 11.3 Å². The summed E-state index contributed by atoms with van der Waals surface area (Å²) < 4.78 is 7.49. The number of anilines is 3. The van der Waals surface area contributed by atoms with Gasteiger partial charge in [0.15, 0.2) is 0 Å². The number of hydrogen-bond donors (Lipinski definition) is 0. The quantitative estimate of drug-likeness (QED) is 0.171. The van der Waals surface area contributed by atoms with Crippen LogP contribution >= 0.6 is 11.3 Å². The van der Waals surface area contributed by atoms with E-state index in [0.29, 0.717) is 0 Å². The number of furan rings is 1. The lowest BCUT2D eigenvalue weighted by Crippen LogP contribution is -2.10. The molecule has 0 bridgehead atoms. The Labute approximate surface area is 322 Å². The fourth-order valence-corrected chi connectivity index (χ4v) is 9.26. The molecule has 0 aliphatic carbocycles. The fraction of sp³-hybridized carbons (Fsp3) is 0. The molecule has 3 nitrogen and oxygen atoms in total. The van der Waals surface area contributed by atoms with Crippen molar-refractivity contribution in [2.45, 2.75) is 0 Å². The van der Waals surface area contributed by atoms with Gasteiger partial charge in [-0.3, -0.25) is 0 Å². The van der Waals surface area contributed by atoms with E-state index >= 15 is 0 Å². The number of thiophene rings is 1. The van der Waals surface area contributed by atoms with E-state index in [-0.39, 0.29) is 0 Å². The summed E-state index contributed by atoms with van der Waals surface area (Å²) in [7, 11) is 0. The zero-order valence-electron chi connectivity index (χ0n) is 29.7. The van der Waals surface area contributed by atoms with Crippen LogP contribution in [0.1, 0.15) is 0 Å². The van der Waals surface area contributed by atoms with Crippen LogP contribution in [0.4, 0.5) is 17.1 Å². The molecular weight excluding hydrogens is 689 g/mol. The van der Waals surface area contributed by atoms with E-state index in [1.807, 2.05) is 24.4 Å². The average Bonchev–Trinajstić information content (AvgIpc) is 3.83. The number of benzene rings is 8. The minimum atomic E-state index is 0.875. The number of nitrogens with zero attached hydrogens (tertiary/aromatic N) is 2. The summed E-state index contributed by atoms with van der Waals surface area (Å²) in [5, 5.41) is 7.03. The highest BCUT2D eigenvalue weighted by Crippen LogP contribution is 2.49. The largest absolute Gasteiger partial charge is 0.456 e. The van der Waals surface area contributed by atoms with E-state index in [1.165, 1.54) is 48.7 Å². The van der Waals surface area contributed by atoms with Gasteiger partial charge in [0.2, 0.25) is 0 Å². The molecule has 11 aromatic rings. The molecule has 3 heterocycles. The van der Waals surface area contributed by atoms with E-state index in [1.54, 1.807) is 11.3 Å². The van der Waals surface area contributed by atoms with Crippen molar-refractivity contribution in [2.75, 3.05) is 4.90 Å². The van der Waals surface area contributed by atoms with E-state index in [0.717, 1.165) is 54.8 Å². The molecule has 55 heavy (non-hydrogen) atoms. The molecule has 4 heteroatoms. The Hall–Kier alpha value is -7.01. The third-order valence-electron chi connectivity index (χ3n) is 10.7. The molecule has 0 radical (unpaired) electrons. The van der Waals surface area contributed by atoms with Gasteiger partial charge in [-0.25, -0.2) is 4.98 Å². The van der Waals surface area contributed by atoms with Crippen LogP contribution in [0.5, 0.6) is 0 Å². The standard InChI is InChI=1S/C51H32N2OS/c1-2-11-33(12-3-1)36-15-8-17-39(30-36)42-25-26-46(50-49(42)44-20-10-28-52-51(44)55-50)53(41-24-27-48-45(32-41)43-19-6-7-21-47(43)54-48)40-18-9-16-37(31-40)38-23-22-34-13-4-5-14-35(34)29-38/h1-32H. The summed E-state index contributed by atoms with van der Waals surface area (Å²) in [5.74, 6) is 0. The SMILES string of the molecule is c1ccc(-c2cccc(-c3ccc(N(c4cccc(-c5ccc6ccccc6c5)c4)c4ccc5oc6ccccc6c5c4)c4sc5ncccc5c34)c2)cc1. The number of aromatic nitrogens is 1. The highest BCUT2D eigenvalue weighted by atomic mass is 32.1. The zero-order chi connectivity index (χ0) is 36.3. The molecular formula is C51H32N2OS. The minimum Gasteiger partial charge on any atom is -0.456 e. The lowest BCUT2D eigenvalue weighted by Gasteiger charge is -2.27. The molecule has 0 unspecified atom stereocenters. The molecule has 0 spiro atoms. The summed E-state index contributed by atoms with van der Waals surface area (Å²) in [6.07, 6.45) is 1.90. The van der Waals surface area contributed by atoms with Crippen LogP contribution in [0.25, 0.3) is 86.4 Å². The topological polar surface area (TPSA) is 29.3 Å². The van der Waals surface area contributed by atoms with Gasteiger partial charge in [0, 0.05) is 39.1 Å². The summed E-state index contributed by atoms with van der Waals surface area (Å²) in [4.78, 5) is 8.33. The van der Waals surface area contributed by atoms with Gasteiger partial charge in [-0.05, 0) is 111 Å². The van der Waals surface area contributed by atoms with Crippen molar-refractivity contribution in [3.05, 3.63) is 194 Å².